The predicted molar refractivity (Wildman–Crippen MR) is 63.9 cm³/mol. The normalized spacial score (nSPS) is 10.3. The van der Waals surface area contributed by atoms with Gasteiger partial charge in [0.15, 0.2) is 0 Å². The van der Waals surface area contributed by atoms with Crippen molar-refractivity contribution in [2.45, 2.75) is 6.54 Å². The van der Waals surface area contributed by atoms with Gasteiger partial charge in [0.1, 0.15) is 5.82 Å². The number of hydrogen-bond donors (Lipinski definition) is 1. The molecule has 0 amide bonds. The van der Waals surface area contributed by atoms with Crippen molar-refractivity contribution in [1.82, 2.24) is 14.8 Å². The zero-order chi connectivity index (χ0) is 11.5. The molecule has 2 heterocycles. The average molecular weight is 281 g/mol. The molecule has 0 bridgehead atoms. The van der Waals surface area contributed by atoms with Crippen molar-refractivity contribution in [2.75, 3.05) is 5.73 Å². The molecule has 0 aliphatic heterocycles. The summed E-state index contributed by atoms with van der Waals surface area (Å²) >= 11 is 3.29. The topological polar surface area (TPSA) is 73.8 Å². The van der Waals surface area contributed by atoms with Gasteiger partial charge in [-0.3, -0.25) is 9.78 Å². The minimum absolute atomic E-state index is 0.195. The molecule has 6 heteroatoms. The summed E-state index contributed by atoms with van der Waals surface area (Å²) in [5.74, 6) is 0.316. The SMILES string of the molecule is Nc1ccc(=O)n(Cc2ccc(Br)cn2)n1. The van der Waals surface area contributed by atoms with Crippen LogP contribution in [-0.2, 0) is 6.54 Å². The molecular weight excluding hydrogens is 272 g/mol. The summed E-state index contributed by atoms with van der Waals surface area (Å²) in [7, 11) is 0. The Hall–Kier alpha value is -1.69. The third-order valence-electron chi connectivity index (χ3n) is 1.99. The second-order valence-electron chi connectivity index (χ2n) is 3.22. The minimum atomic E-state index is -0.195. The first-order chi connectivity index (χ1) is 7.65. The van der Waals surface area contributed by atoms with Crippen LogP contribution < -0.4 is 11.3 Å². The molecule has 0 aliphatic rings. The molecule has 0 saturated carbocycles. The van der Waals surface area contributed by atoms with Crippen LogP contribution in [0.1, 0.15) is 5.69 Å². The van der Waals surface area contributed by atoms with Crippen molar-refractivity contribution in [2.24, 2.45) is 0 Å². The number of hydrogen-bond acceptors (Lipinski definition) is 4. The van der Waals surface area contributed by atoms with Crippen LogP contribution in [-0.4, -0.2) is 14.8 Å². The maximum atomic E-state index is 11.5. The average Bonchev–Trinajstić information content (AvgIpc) is 2.27. The van der Waals surface area contributed by atoms with Gasteiger partial charge in [-0.1, -0.05) is 0 Å². The molecule has 0 atom stereocenters. The largest absolute Gasteiger partial charge is 0.382 e. The number of nitrogens with two attached hydrogens (primary N) is 1. The minimum Gasteiger partial charge on any atom is -0.382 e. The molecule has 0 unspecified atom stereocenters. The quantitative estimate of drug-likeness (QED) is 0.892. The standard InChI is InChI=1S/C10H9BrN4O/c11-7-1-2-8(13-5-7)6-15-10(16)4-3-9(12)14-15/h1-5H,6H2,(H2,12,14). The summed E-state index contributed by atoms with van der Waals surface area (Å²) in [6.07, 6.45) is 1.67. The molecule has 0 fully saturated rings. The lowest BCUT2D eigenvalue weighted by Crippen LogP contribution is -2.23. The van der Waals surface area contributed by atoms with Crippen LogP contribution in [0, 0.1) is 0 Å². The molecule has 2 aromatic rings. The number of pyridine rings is 1. The van der Waals surface area contributed by atoms with E-state index < -0.39 is 0 Å². The van der Waals surface area contributed by atoms with E-state index >= 15 is 0 Å². The number of anilines is 1. The Morgan fingerprint density at radius 2 is 2.12 bits per heavy atom. The Bertz CT molecular complexity index is 549. The molecule has 0 spiro atoms. The van der Waals surface area contributed by atoms with E-state index in [1.807, 2.05) is 12.1 Å². The number of halogens is 1. The second-order valence-corrected chi connectivity index (χ2v) is 4.14. The highest BCUT2D eigenvalue weighted by Gasteiger charge is 2.01. The lowest BCUT2D eigenvalue weighted by molar-refractivity contribution is 0.632. The van der Waals surface area contributed by atoms with E-state index in [1.54, 1.807) is 6.20 Å². The fourth-order valence-corrected chi connectivity index (χ4v) is 1.47. The molecule has 2 N–H and O–H groups in total. The van der Waals surface area contributed by atoms with E-state index in [-0.39, 0.29) is 5.56 Å². The molecule has 0 saturated heterocycles. The number of rotatable bonds is 2. The van der Waals surface area contributed by atoms with Crippen LogP contribution in [0.2, 0.25) is 0 Å². The summed E-state index contributed by atoms with van der Waals surface area (Å²) in [6, 6.07) is 6.55. The Labute approximate surface area is 100 Å². The van der Waals surface area contributed by atoms with E-state index in [9.17, 15) is 4.79 Å². The van der Waals surface area contributed by atoms with Crippen LogP contribution in [0.25, 0.3) is 0 Å². The van der Waals surface area contributed by atoms with E-state index in [1.165, 1.54) is 16.8 Å². The number of nitrogens with zero attached hydrogens (tertiary/aromatic N) is 3. The van der Waals surface area contributed by atoms with Crippen molar-refractivity contribution in [3.8, 4) is 0 Å². The Morgan fingerprint density at radius 3 is 2.81 bits per heavy atom. The third-order valence-corrected chi connectivity index (χ3v) is 2.46. The molecular formula is C10H9BrN4O. The summed E-state index contributed by atoms with van der Waals surface area (Å²) in [5, 5.41) is 3.92. The Balaban J connectivity index is 2.30. The van der Waals surface area contributed by atoms with Crippen molar-refractivity contribution in [3.63, 3.8) is 0 Å². The zero-order valence-corrected chi connectivity index (χ0v) is 9.89. The molecule has 5 nitrogen and oxygen atoms in total. The van der Waals surface area contributed by atoms with Gasteiger partial charge < -0.3 is 5.73 Å². The van der Waals surface area contributed by atoms with Crippen molar-refractivity contribution in [3.05, 3.63) is 51.0 Å². The summed E-state index contributed by atoms with van der Waals surface area (Å²) < 4.78 is 2.18. The van der Waals surface area contributed by atoms with Gasteiger partial charge in [0.05, 0.1) is 12.2 Å². The van der Waals surface area contributed by atoms with Crippen LogP contribution in [0.3, 0.4) is 0 Å². The molecule has 82 valence electrons. The molecule has 16 heavy (non-hydrogen) atoms. The van der Waals surface area contributed by atoms with Gasteiger partial charge >= 0.3 is 0 Å². The van der Waals surface area contributed by atoms with Crippen molar-refractivity contribution >= 4 is 21.7 Å². The monoisotopic (exact) mass is 280 g/mol. The third kappa shape index (κ3) is 2.46. The van der Waals surface area contributed by atoms with Gasteiger partial charge in [-0.2, -0.15) is 5.10 Å². The highest BCUT2D eigenvalue weighted by atomic mass is 79.9. The van der Waals surface area contributed by atoms with Crippen molar-refractivity contribution in [1.29, 1.82) is 0 Å². The first-order valence-corrected chi connectivity index (χ1v) is 5.38. The highest BCUT2D eigenvalue weighted by molar-refractivity contribution is 9.10. The number of nitrogen functional groups attached to an aromatic ring is 1. The zero-order valence-electron chi connectivity index (χ0n) is 8.30. The Morgan fingerprint density at radius 1 is 1.31 bits per heavy atom. The van der Waals surface area contributed by atoms with Gasteiger partial charge in [0, 0.05) is 16.7 Å². The lowest BCUT2D eigenvalue weighted by Gasteiger charge is -2.04. The summed E-state index contributed by atoms with van der Waals surface area (Å²) in [6.45, 7) is 0.317. The Kier molecular flexibility index (Phi) is 3.00. The van der Waals surface area contributed by atoms with Crippen molar-refractivity contribution < 1.29 is 0 Å². The van der Waals surface area contributed by atoms with Crippen LogP contribution >= 0.6 is 15.9 Å². The first-order valence-electron chi connectivity index (χ1n) is 4.59. The van der Waals surface area contributed by atoms with Gasteiger partial charge in [0.25, 0.3) is 5.56 Å². The smallest absolute Gasteiger partial charge is 0.267 e. The second kappa shape index (κ2) is 4.44. The van der Waals surface area contributed by atoms with E-state index in [4.69, 9.17) is 5.73 Å². The fourth-order valence-electron chi connectivity index (χ4n) is 1.23. The van der Waals surface area contributed by atoms with E-state index in [2.05, 4.69) is 26.0 Å². The molecule has 0 aliphatic carbocycles. The number of aromatic nitrogens is 3. The molecule has 0 aromatic carbocycles. The van der Waals surface area contributed by atoms with Gasteiger partial charge in [-0.15, -0.1) is 0 Å². The summed E-state index contributed by atoms with van der Waals surface area (Å²) in [5.41, 5.74) is 6.06. The van der Waals surface area contributed by atoms with Crippen LogP contribution in [0.4, 0.5) is 5.82 Å². The van der Waals surface area contributed by atoms with Gasteiger partial charge in [-0.25, -0.2) is 4.68 Å². The molecule has 2 rings (SSSR count). The fraction of sp³-hybridized carbons (Fsp3) is 0.100. The predicted octanol–water partition coefficient (Wildman–Crippen LogP) is 1.03. The van der Waals surface area contributed by atoms with E-state index in [0.29, 0.717) is 12.4 Å². The molecule has 0 radical (unpaired) electrons. The van der Waals surface area contributed by atoms with Crippen LogP contribution in [0.5, 0.6) is 0 Å². The highest BCUT2D eigenvalue weighted by Crippen LogP contribution is 2.07. The van der Waals surface area contributed by atoms with Gasteiger partial charge in [-0.05, 0) is 34.1 Å². The lowest BCUT2D eigenvalue weighted by atomic mass is 10.3. The van der Waals surface area contributed by atoms with Gasteiger partial charge in [0.2, 0.25) is 0 Å². The molecule has 2 aromatic heterocycles. The first kappa shape index (κ1) is 10.8. The van der Waals surface area contributed by atoms with E-state index in [0.717, 1.165) is 10.2 Å². The maximum absolute atomic E-state index is 11.5. The van der Waals surface area contributed by atoms with Crippen LogP contribution in [0.15, 0.2) is 39.7 Å². The summed E-state index contributed by atoms with van der Waals surface area (Å²) in [4.78, 5) is 15.6. The maximum Gasteiger partial charge on any atom is 0.267 e.